The number of hydrogen-bond donors (Lipinski definition) is 0. The maximum Gasteiger partial charge on any atom is 0.233 e. The van der Waals surface area contributed by atoms with Crippen LogP contribution in [0.15, 0.2) is 59.8 Å². The van der Waals surface area contributed by atoms with Crippen LogP contribution < -0.4 is 9.64 Å². The van der Waals surface area contributed by atoms with Gasteiger partial charge in [-0.15, -0.1) is 10.2 Å². The molecule has 1 aliphatic rings. The average Bonchev–Trinajstić information content (AvgIpc) is 3.17. The molecule has 0 spiro atoms. The van der Waals surface area contributed by atoms with Crippen molar-refractivity contribution >= 4 is 23.4 Å². The van der Waals surface area contributed by atoms with Crippen molar-refractivity contribution in [1.29, 1.82) is 0 Å². The number of piperazine rings is 1. The number of carbonyl (C=O) groups is 1. The first-order valence-corrected chi connectivity index (χ1v) is 11.4. The van der Waals surface area contributed by atoms with E-state index in [9.17, 15) is 4.79 Å². The summed E-state index contributed by atoms with van der Waals surface area (Å²) in [6.45, 7) is 5.75. The molecule has 1 saturated heterocycles. The lowest BCUT2D eigenvalue weighted by Crippen LogP contribution is -2.49. The van der Waals surface area contributed by atoms with Crippen LogP contribution >= 0.6 is 11.8 Å². The van der Waals surface area contributed by atoms with E-state index in [1.54, 1.807) is 7.11 Å². The summed E-state index contributed by atoms with van der Waals surface area (Å²) in [6, 6.07) is 18.3. The smallest absolute Gasteiger partial charge is 0.233 e. The lowest BCUT2D eigenvalue weighted by atomic mass is 10.2. The summed E-state index contributed by atoms with van der Waals surface area (Å²) in [5.74, 6) is 2.22. The van der Waals surface area contributed by atoms with E-state index >= 15 is 0 Å². The van der Waals surface area contributed by atoms with Gasteiger partial charge >= 0.3 is 0 Å². The van der Waals surface area contributed by atoms with Gasteiger partial charge in [0.2, 0.25) is 5.91 Å². The molecule has 1 aliphatic heterocycles. The van der Waals surface area contributed by atoms with Crippen molar-refractivity contribution in [2.75, 3.05) is 43.9 Å². The Bertz CT molecular complexity index is 999. The molecular formula is C23H27N5O2S. The van der Waals surface area contributed by atoms with Crippen LogP contribution in [0, 0.1) is 6.92 Å². The van der Waals surface area contributed by atoms with Gasteiger partial charge in [0.05, 0.1) is 19.4 Å². The Morgan fingerprint density at radius 1 is 1.00 bits per heavy atom. The van der Waals surface area contributed by atoms with Crippen LogP contribution in [0.25, 0.3) is 0 Å². The van der Waals surface area contributed by atoms with E-state index in [1.165, 1.54) is 17.3 Å². The fourth-order valence-electron chi connectivity index (χ4n) is 3.64. The molecule has 7 nitrogen and oxygen atoms in total. The Labute approximate surface area is 187 Å². The van der Waals surface area contributed by atoms with E-state index in [4.69, 9.17) is 4.74 Å². The van der Waals surface area contributed by atoms with E-state index in [-0.39, 0.29) is 5.91 Å². The Morgan fingerprint density at radius 2 is 1.71 bits per heavy atom. The van der Waals surface area contributed by atoms with Crippen molar-refractivity contribution in [2.45, 2.75) is 18.6 Å². The number of methoxy groups -OCH3 is 1. The van der Waals surface area contributed by atoms with Crippen LogP contribution in [0.2, 0.25) is 0 Å². The lowest BCUT2D eigenvalue weighted by molar-refractivity contribution is -0.128. The van der Waals surface area contributed by atoms with Crippen LogP contribution in [0.5, 0.6) is 5.75 Å². The van der Waals surface area contributed by atoms with Gasteiger partial charge in [0.25, 0.3) is 0 Å². The third-order valence-electron chi connectivity index (χ3n) is 5.48. The second kappa shape index (κ2) is 9.87. The van der Waals surface area contributed by atoms with Crippen molar-refractivity contribution in [2.24, 2.45) is 0 Å². The molecule has 0 unspecified atom stereocenters. The molecule has 162 valence electrons. The SMILES string of the molecule is COc1ccc(N2CCN(C(=O)CSc3nnc(C)n3Cc3ccccc3)CC2)cc1. The maximum atomic E-state index is 12.8. The molecule has 2 heterocycles. The Hall–Kier alpha value is -3.00. The van der Waals surface area contributed by atoms with Crippen LogP contribution in [-0.4, -0.2) is 64.6 Å². The summed E-state index contributed by atoms with van der Waals surface area (Å²) in [4.78, 5) is 17.0. The van der Waals surface area contributed by atoms with Crippen LogP contribution in [-0.2, 0) is 11.3 Å². The van der Waals surface area contributed by atoms with Gasteiger partial charge in [-0.05, 0) is 36.8 Å². The van der Waals surface area contributed by atoms with Crippen LogP contribution in [0.3, 0.4) is 0 Å². The number of thioether (sulfide) groups is 1. The third kappa shape index (κ3) is 5.19. The van der Waals surface area contributed by atoms with Gasteiger partial charge in [-0.2, -0.15) is 0 Å². The van der Waals surface area contributed by atoms with Crippen molar-refractivity contribution in [1.82, 2.24) is 19.7 Å². The Kier molecular flexibility index (Phi) is 6.76. The molecule has 0 radical (unpaired) electrons. The molecule has 1 amide bonds. The van der Waals surface area contributed by atoms with Crippen molar-refractivity contribution in [3.63, 3.8) is 0 Å². The maximum absolute atomic E-state index is 12.8. The number of aromatic nitrogens is 3. The molecular weight excluding hydrogens is 410 g/mol. The van der Waals surface area contributed by atoms with Gasteiger partial charge in [-0.1, -0.05) is 42.1 Å². The average molecular weight is 438 g/mol. The minimum atomic E-state index is 0.145. The van der Waals surface area contributed by atoms with Crippen LogP contribution in [0.4, 0.5) is 5.69 Å². The van der Waals surface area contributed by atoms with E-state index in [0.717, 1.165) is 48.6 Å². The topological polar surface area (TPSA) is 63.5 Å². The van der Waals surface area contributed by atoms with E-state index < -0.39 is 0 Å². The summed E-state index contributed by atoms with van der Waals surface area (Å²) in [5.41, 5.74) is 2.35. The number of benzene rings is 2. The Balaban J connectivity index is 1.30. The first-order valence-electron chi connectivity index (χ1n) is 10.4. The number of amides is 1. The molecule has 1 aromatic heterocycles. The van der Waals surface area contributed by atoms with Crippen molar-refractivity contribution in [3.8, 4) is 5.75 Å². The molecule has 1 fully saturated rings. The number of hydrogen-bond acceptors (Lipinski definition) is 6. The van der Waals surface area contributed by atoms with E-state index in [1.807, 2.05) is 42.2 Å². The predicted octanol–water partition coefficient (Wildman–Crippen LogP) is 3.08. The van der Waals surface area contributed by atoms with Crippen molar-refractivity contribution in [3.05, 3.63) is 66.0 Å². The van der Waals surface area contributed by atoms with Gasteiger partial charge in [0.1, 0.15) is 11.6 Å². The summed E-state index contributed by atoms with van der Waals surface area (Å²) in [6.07, 6.45) is 0. The van der Waals surface area contributed by atoms with Crippen molar-refractivity contribution < 1.29 is 9.53 Å². The highest BCUT2D eigenvalue weighted by atomic mass is 32.2. The largest absolute Gasteiger partial charge is 0.497 e. The highest BCUT2D eigenvalue weighted by Gasteiger charge is 2.22. The second-order valence-corrected chi connectivity index (χ2v) is 8.40. The molecule has 3 aromatic rings. The number of anilines is 1. The fraction of sp³-hybridized carbons (Fsp3) is 0.348. The monoisotopic (exact) mass is 437 g/mol. The van der Waals surface area contributed by atoms with Gasteiger partial charge in [-0.3, -0.25) is 4.79 Å². The third-order valence-corrected chi connectivity index (χ3v) is 6.43. The van der Waals surface area contributed by atoms with E-state index in [0.29, 0.717) is 12.3 Å². The van der Waals surface area contributed by atoms with Gasteiger partial charge < -0.3 is 19.1 Å². The minimum absolute atomic E-state index is 0.145. The summed E-state index contributed by atoms with van der Waals surface area (Å²) in [5, 5.41) is 9.28. The predicted molar refractivity (Wildman–Crippen MR) is 123 cm³/mol. The first kappa shape index (κ1) is 21.2. The zero-order chi connectivity index (χ0) is 21.6. The highest BCUT2D eigenvalue weighted by Crippen LogP contribution is 2.22. The van der Waals surface area contributed by atoms with E-state index in [2.05, 4.69) is 43.9 Å². The minimum Gasteiger partial charge on any atom is -0.497 e. The number of rotatable bonds is 7. The first-order chi connectivity index (χ1) is 15.1. The zero-order valence-electron chi connectivity index (χ0n) is 17.9. The molecule has 0 aliphatic carbocycles. The molecule has 0 saturated carbocycles. The molecule has 4 rings (SSSR count). The van der Waals surface area contributed by atoms with Gasteiger partial charge in [0, 0.05) is 31.9 Å². The normalized spacial score (nSPS) is 14.0. The quantitative estimate of drug-likeness (QED) is 0.530. The summed E-state index contributed by atoms with van der Waals surface area (Å²) in [7, 11) is 1.67. The zero-order valence-corrected chi connectivity index (χ0v) is 18.7. The number of ether oxygens (including phenoxy) is 1. The molecule has 2 aromatic carbocycles. The van der Waals surface area contributed by atoms with Crippen LogP contribution in [0.1, 0.15) is 11.4 Å². The van der Waals surface area contributed by atoms with Gasteiger partial charge in [-0.25, -0.2) is 0 Å². The molecule has 0 atom stereocenters. The fourth-order valence-corrected chi connectivity index (χ4v) is 4.53. The standard InChI is InChI=1S/C23H27N5O2S/c1-18-24-25-23(28(18)16-19-6-4-3-5-7-19)31-17-22(29)27-14-12-26(13-15-27)20-8-10-21(30-2)11-9-20/h3-11H,12-17H2,1-2H3. The Morgan fingerprint density at radius 3 is 2.39 bits per heavy atom. The summed E-state index contributed by atoms with van der Waals surface area (Å²) >= 11 is 1.46. The summed E-state index contributed by atoms with van der Waals surface area (Å²) < 4.78 is 7.29. The second-order valence-electron chi connectivity index (χ2n) is 7.46. The molecule has 0 bridgehead atoms. The van der Waals surface area contributed by atoms with Gasteiger partial charge in [0.15, 0.2) is 5.16 Å². The highest BCUT2D eigenvalue weighted by molar-refractivity contribution is 7.99. The number of aryl methyl sites for hydroxylation is 1. The molecule has 0 N–H and O–H groups in total. The molecule has 8 heteroatoms. The molecule has 31 heavy (non-hydrogen) atoms. The number of carbonyl (C=O) groups excluding carboxylic acids is 1. The lowest BCUT2D eigenvalue weighted by Gasteiger charge is -2.36. The number of nitrogens with zero attached hydrogens (tertiary/aromatic N) is 5.